The molecule has 34 heavy (non-hydrogen) atoms. The van der Waals surface area contributed by atoms with Gasteiger partial charge >= 0.3 is 17.9 Å². The van der Waals surface area contributed by atoms with Crippen molar-refractivity contribution in [3.63, 3.8) is 0 Å². The predicted molar refractivity (Wildman–Crippen MR) is 117 cm³/mol. The van der Waals surface area contributed by atoms with Crippen LogP contribution in [-0.2, 0) is 33.6 Å². The molecule has 0 heterocycles. The lowest BCUT2D eigenvalue weighted by atomic mass is 10.1. The quantitative estimate of drug-likeness (QED) is 0.0968. The number of nitrogens with one attached hydrogen (secondary N) is 3. The van der Waals surface area contributed by atoms with Gasteiger partial charge in [-0.2, -0.15) is 11.8 Å². The SMILES string of the molecule is CSCCC(NC(=O)C(CCC(=O)O)NC(=O)C(CC(N)=O)NC(=O)C(N)CC(=O)O)C(=O)O. The third-order valence-corrected chi connectivity index (χ3v) is 4.92. The summed E-state index contributed by atoms with van der Waals surface area (Å²) in [6.07, 6.45) is -0.728. The molecule has 0 saturated carbocycles. The number of carbonyl (C=O) groups excluding carboxylic acids is 4. The zero-order chi connectivity index (χ0) is 26.4. The van der Waals surface area contributed by atoms with Gasteiger partial charge in [0.05, 0.1) is 18.9 Å². The van der Waals surface area contributed by atoms with Crippen LogP contribution in [0.2, 0.25) is 0 Å². The number of nitrogens with two attached hydrogens (primary N) is 2. The van der Waals surface area contributed by atoms with Gasteiger partial charge in [0, 0.05) is 6.42 Å². The zero-order valence-electron chi connectivity index (χ0n) is 18.3. The molecule has 0 saturated heterocycles. The Morgan fingerprint density at radius 3 is 1.76 bits per heavy atom. The molecular formula is C18H29N5O10S. The monoisotopic (exact) mass is 507 g/mol. The summed E-state index contributed by atoms with van der Waals surface area (Å²) in [5.74, 6) is -7.85. The molecule has 0 fully saturated rings. The van der Waals surface area contributed by atoms with Crippen LogP contribution in [0.1, 0.15) is 32.1 Å². The van der Waals surface area contributed by atoms with Crippen molar-refractivity contribution < 1.29 is 48.9 Å². The summed E-state index contributed by atoms with van der Waals surface area (Å²) in [5, 5.41) is 33.4. The van der Waals surface area contributed by atoms with Crippen LogP contribution in [0.5, 0.6) is 0 Å². The van der Waals surface area contributed by atoms with E-state index < -0.39 is 91.4 Å². The molecule has 0 spiro atoms. The van der Waals surface area contributed by atoms with Gasteiger partial charge < -0.3 is 42.7 Å². The van der Waals surface area contributed by atoms with Crippen molar-refractivity contribution >= 4 is 53.3 Å². The molecule has 192 valence electrons. The number of hydrogen-bond donors (Lipinski definition) is 8. The highest BCUT2D eigenvalue weighted by Gasteiger charge is 2.31. The molecule has 0 rings (SSSR count). The van der Waals surface area contributed by atoms with Gasteiger partial charge in [0.25, 0.3) is 0 Å². The lowest BCUT2D eigenvalue weighted by molar-refractivity contribution is -0.143. The van der Waals surface area contributed by atoms with Crippen molar-refractivity contribution in [2.75, 3.05) is 12.0 Å². The molecule has 0 bridgehead atoms. The topological polar surface area (TPSA) is 268 Å². The van der Waals surface area contributed by atoms with Crippen molar-refractivity contribution in [1.29, 1.82) is 0 Å². The fourth-order valence-electron chi connectivity index (χ4n) is 2.54. The van der Waals surface area contributed by atoms with E-state index in [0.717, 1.165) is 0 Å². The van der Waals surface area contributed by atoms with E-state index in [1.807, 2.05) is 0 Å². The second-order valence-corrected chi connectivity index (χ2v) is 8.10. The first kappa shape index (κ1) is 30.6. The normalized spacial score (nSPS) is 14.1. The Hall–Kier alpha value is -3.40. The first-order valence-electron chi connectivity index (χ1n) is 9.88. The minimum absolute atomic E-state index is 0.0592. The minimum Gasteiger partial charge on any atom is -0.481 e. The van der Waals surface area contributed by atoms with Crippen LogP contribution in [0.3, 0.4) is 0 Å². The summed E-state index contributed by atoms with van der Waals surface area (Å²) in [7, 11) is 0. The Bertz CT molecular complexity index is 793. The Kier molecular flexibility index (Phi) is 13.9. The van der Waals surface area contributed by atoms with Crippen LogP contribution in [0.4, 0.5) is 0 Å². The molecule has 4 atom stereocenters. The Balaban J connectivity index is 5.57. The second kappa shape index (κ2) is 15.4. The van der Waals surface area contributed by atoms with Crippen LogP contribution < -0.4 is 27.4 Å². The third-order valence-electron chi connectivity index (χ3n) is 4.27. The summed E-state index contributed by atoms with van der Waals surface area (Å²) in [5.41, 5.74) is 10.5. The van der Waals surface area contributed by atoms with Crippen molar-refractivity contribution in [1.82, 2.24) is 16.0 Å². The van der Waals surface area contributed by atoms with Gasteiger partial charge in [-0.15, -0.1) is 0 Å². The highest BCUT2D eigenvalue weighted by Crippen LogP contribution is 2.05. The molecule has 0 aromatic carbocycles. The molecule has 0 aliphatic rings. The molecule has 0 aromatic rings. The summed E-state index contributed by atoms with van der Waals surface area (Å²) < 4.78 is 0. The van der Waals surface area contributed by atoms with Crippen LogP contribution in [0, 0.1) is 0 Å². The van der Waals surface area contributed by atoms with Crippen molar-refractivity contribution in [3.8, 4) is 0 Å². The molecule has 16 heteroatoms. The fourth-order valence-corrected chi connectivity index (χ4v) is 3.02. The first-order chi connectivity index (χ1) is 15.8. The van der Waals surface area contributed by atoms with Gasteiger partial charge in [-0.25, -0.2) is 4.79 Å². The van der Waals surface area contributed by atoms with E-state index in [4.69, 9.17) is 21.7 Å². The van der Waals surface area contributed by atoms with Crippen LogP contribution in [-0.4, -0.2) is 93.0 Å². The van der Waals surface area contributed by atoms with E-state index in [1.165, 1.54) is 11.8 Å². The van der Waals surface area contributed by atoms with Gasteiger partial charge in [0.15, 0.2) is 0 Å². The standard InChI is InChI=1S/C18H29N5O10S/c1-34-5-4-10(18(32)33)22-16(30)9(2-3-13(25)26)21-17(31)11(7-12(20)24)23-15(29)8(19)6-14(27)28/h8-11H,2-7,19H2,1H3,(H2,20,24)(H,21,31)(H,22,30)(H,23,29)(H,25,26)(H,27,28)(H,32,33). The highest BCUT2D eigenvalue weighted by atomic mass is 32.2. The largest absolute Gasteiger partial charge is 0.481 e. The summed E-state index contributed by atoms with van der Waals surface area (Å²) >= 11 is 1.34. The minimum atomic E-state index is -1.66. The maximum atomic E-state index is 12.7. The Morgan fingerprint density at radius 2 is 1.29 bits per heavy atom. The zero-order valence-corrected chi connectivity index (χ0v) is 19.1. The van der Waals surface area contributed by atoms with Crippen LogP contribution >= 0.6 is 11.8 Å². The van der Waals surface area contributed by atoms with E-state index in [-0.39, 0.29) is 6.42 Å². The smallest absolute Gasteiger partial charge is 0.326 e. The lowest BCUT2D eigenvalue weighted by Gasteiger charge is -2.24. The number of hydrogen-bond acceptors (Lipinski definition) is 9. The number of rotatable bonds is 17. The van der Waals surface area contributed by atoms with E-state index in [0.29, 0.717) is 5.75 Å². The number of carboxylic acid groups (broad SMARTS) is 3. The van der Waals surface area contributed by atoms with E-state index >= 15 is 0 Å². The molecule has 0 aliphatic heterocycles. The summed E-state index contributed by atoms with van der Waals surface area (Å²) in [6, 6.07) is -6.05. The Labute approximate surface area is 198 Å². The Morgan fingerprint density at radius 1 is 0.765 bits per heavy atom. The number of carbonyl (C=O) groups is 7. The van der Waals surface area contributed by atoms with Crippen LogP contribution in [0.15, 0.2) is 0 Å². The fraction of sp³-hybridized carbons (Fsp3) is 0.611. The number of carboxylic acids is 3. The maximum Gasteiger partial charge on any atom is 0.326 e. The van der Waals surface area contributed by atoms with E-state index in [2.05, 4.69) is 16.0 Å². The van der Waals surface area contributed by atoms with Gasteiger partial charge in [0.2, 0.25) is 23.6 Å². The average molecular weight is 508 g/mol. The highest BCUT2D eigenvalue weighted by molar-refractivity contribution is 7.98. The number of primary amides is 1. The third kappa shape index (κ3) is 12.6. The predicted octanol–water partition coefficient (Wildman–Crippen LogP) is -3.18. The maximum absolute atomic E-state index is 12.7. The van der Waals surface area contributed by atoms with Gasteiger partial charge in [-0.1, -0.05) is 0 Å². The lowest BCUT2D eigenvalue weighted by Crippen LogP contribution is -2.58. The molecule has 10 N–H and O–H groups in total. The molecule has 15 nitrogen and oxygen atoms in total. The van der Waals surface area contributed by atoms with Gasteiger partial charge in [-0.3, -0.25) is 28.8 Å². The summed E-state index contributed by atoms with van der Waals surface area (Å²) in [4.78, 5) is 81.7. The number of aliphatic carboxylic acids is 3. The molecule has 0 radical (unpaired) electrons. The molecule has 4 unspecified atom stereocenters. The summed E-state index contributed by atoms with van der Waals surface area (Å²) in [6.45, 7) is 0. The van der Waals surface area contributed by atoms with Crippen LogP contribution in [0.25, 0.3) is 0 Å². The molecule has 4 amide bonds. The average Bonchev–Trinajstić information content (AvgIpc) is 2.71. The van der Waals surface area contributed by atoms with Crippen molar-refractivity contribution in [3.05, 3.63) is 0 Å². The first-order valence-corrected chi connectivity index (χ1v) is 11.3. The molecule has 0 aliphatic carbocycles. The van der Waals surface area contributed by atoms with Gasteiger partial charge in [0.1, 0.15) is 18.1 Å². The number of amides is 4. The van der Waals surface area contributed by atoms with E-state index in [9.17, 15) is 38.7 Å². The van der Waals surface area contributed by atoms with Crippen molar-refractivity contribution in [2.45, 2.75) is 56.3 Å². The van der Waals surface area contributed by atoms with Gasteiger partial charge in [-0.05, 0) is 24.9 Å². The van der Waals surface area contributed by atoms with E-state index in [1.54, 1.807) is 6.26 Å². The molecular weight excluding hydrogens is 478 g/mol. The van der Waals surface area contributed by atoms with Crippen molar-refractivity contribution in [2.24, 2.45) is 11.5 Å². The number of thioether (sulfide) groups is 1. The molecule has 0 aromatic heterocycles. The second-order valence-electron chi connectivity index (χ2n) is 7.11.